The van der Waals surface area contributed by atoms with Crippen LogP contribution in [0.1, 0.15) is 22.3 Å². The molecule has 2 aromatic heterocycles. The van der Waals surface area contributed by atoms with Gasteiger partial charge in [-0.1, -0.05) is 17.7 Å². The number of nitrogens with zero attached hydrogens (tertiary/aromatic N) is 3. The summed E-state index contributed by atoms with van der Waals surface area (Å²) in [6.45, 7) is 3.16. The van der Waals surface area contributed by atoms with Crippen LogP contribution in [0.15, 0.2) is 29.9 Å². The van der Waals surface area contributed by atoms with Crippen molar-refractivity contribution in [3.8, 4) is 0 Å². The molecule has 0 unspecified atom stereocenters. The minimum absolute atomic E-state index is 0.130. The lowest BCUT2D eigenvalue weighted by Gasteiger charge is -2.19. The fourth-order valence-electron chi connectivity index (χ4n) is 1.50. The molecule has 94 valence electrons. The predicted molar refractivity (Wildman–Crippen MR) is 71.8 cm³/mol. The first-order valence-corrected chi connectivity index (χ1v) is 6.75. The van der Waals surface area contributed by atoms with Gasteiger partial charge in [0, 0.05) is 11.4 Å². The number of aromatic nitrogens is 2. The van der Waals surface area contributed by atoms with E-state index in [2.05, 4.69) is 9.97 Å². The molecule has 0 aromatic carbocycles. The summed E-state index contributed by atoms with van der Waals surface area (Å²) in [7, 11) is 0. The number of carbonyl (C=O) groups is 1. The highest BCUT2D eigenvalue weighted by atomic mass is 35.5. The summed E-state index contributed by atoms with van der Waals surface area (Å²) >= 11 is 7.28. The fraction of sp³-hybridized carbons (Fsp3) is 0.250. The van der Waals surface area contributed by atoms with Gasteiger partial charge in [-0.15, -0.1) is 11.3 Å². The molecule has 0 spiro atoms. The Labute approximate surface area is 114 Å². The molecule has 0 aliphatic heterocycles. The van der Waals surface area contributed by atoms with Gasteiger partial charge in [-0.3, -0.25) is 4.79 Å². The molecule has 6 heteroatoms. The number of rotatable bonds is 4. The Morgan fingerprint density at radius 2 is 2.28 bits per heavy atom. The molecule has 18 heavy (non-hydrogen) atoms. The van der Waals surface area contributed by atoms with Gasteiger partial charge in [0.1, 0.15) is 10.8 Å². The van der Waals surface area contributed by atoms with E-state index < -0.39 is 0 Å². The van der Waals surface area contributed by atoms with Crippen molar-refractivity contribution in [2.24, 2.45) is 0 Å². The van der Waals surface area contributed by atoms with Crippen LogP contribution in [0.5, 0.6) is 0 Å². The molecule has 0 aliphatic rings. The lowest BCUT2D eigenvalue weighted by atomic mass is 10.3. The van der Waals surface area contributed by atoms with Crippen LogP contribution in [-0.2, 0) is 6.54 Å². The molecule has 2 heterocycles. The number of halogens is 1. The maximum Gasteiger partial charge on any atom is 0.274 e. The highest BCUT2D eigenvalue weighted by molar-refractivity contribution is 7.09. The Balaban J connectivity index is 2.12. The lowest BCUT2D eigenvalue weighted by Crippen LogP contribution is -2.30. The van der Waals surface area contributed by atoms with Crippen LogP contribution in [0, 0.1) is 0 Å². The van der Waals surface area contributed by atoms with Gasteiger partial charge >= 0.3 is 0 Å². The molecule has 0 radical (unpaired) electrons. The zero-order valence-electron chi connectivity index (χ0n) is 9.84. The Hall–Kier alpha value is -1.46. The van der Waals surface area contributed by atoms with Crippen LogP contribution in [0.2, 0.25) is 5.15 Å². The van der Waals surface area contributed by atoms with Gasteiger partial charge in [0.2, 0.25) is 0 Å². The molecule has 0 saturated heterocycles. The first kappa shape index (κ1) is 13.0. The topological polar surface area (TPSA) is 46.1 Å². The summed E-state index contributed by atoms with van der Waals surface area (Å²) in [4.78, 5) is 22.9. The van der Waals surface area contributed by atoms with Gasteiger partial charge in [-0.25, -0.2) is 9.97 Å². The molecule has 4 nitrogen and oxygen atoms in total. The van der Waals surface area contributed by atoms with E-state index in [0.29, 0.717) is 18.8 Å². The van der Waals surface area contributed by atoms with E-state index >= 15 is 0 Å². The molecule has 0 atom stereocenters. The second kappa shape index (κ2) is 5.93. The van der Waals surface area contributed by atoms with Gasteiger partial charge in [0.15, 0.2) is 0 Å². The van der Waals surface area contributed by atoms with E-state index in [4.69, 9.17) is 11.6 Å². The normalized spacial score (nSPS) is 10.3. The number of hydrogen-bond donors (Lipinski definition) is 0. The summed E-state index contributed by atoms with van der Waals surface area (Å²) in [5.74, 6) is -0.130. The molecule has 0 aliphatic carbocycles. The molecule has 2 aromatic rings. The minimum atomic E-state index is -0.130. The Morgan fingerprint density at radius 3 is 2.83 bits per heavy atom. The zero-order valence-corrected chi connectivity index (χ0v) is 11.4. The molecule has 0 fully saturated rings. The molecule has 0 saturated carbocycles. The van der Waals surface area contributed by atoms with Crippen molar-refractivity contribution in [3.63, 3.8) is 0 Å². The van der Waals surface area contributed by atoms with Crippen molar-refractivity contribution in [1.29, 1.82) is 0 Å². The van der Waals surface area contributed by atoms with E-state index in [1.165, 1.54) is 12.4 Å². The molecule has 0 N–H and O–H groups in total. The SMILES string of the molecule is CCN(Cc1cccs1)C(=O)c1cnc(Cl)cn1. The summed E-state index contributed by atoms with van der Waals surface area (Å²) in [5, 5.41) is 2.28. The van der Waals surface area contributed by atoms with Crippen LogP contribution in [-0.4, -0.2) is 27.3 Å². The zero-order chi connectivity index (χ0) is 13.0. The Morgan fingerprint density at radius 1 is 1.44 bits per heavy atom. The maximum atomic E-state index is 12.2. The maximum absolute atomic E-state index is 12.2. The molecule has 1 amide bonds. The molecule has 2 rings (SSSR count). The van der Waals surface area contributed by atoms with E-state index in [9.17, 15) is 4.79 Å². The number of carbonyl (C=O) groups excluding carboxylic acids is 1. The van der Waals surface area contributed by atoms with E-state index in [1.54, 1.807) is 16.2 Å². The summed E-state index contributed by atoms with van der Waals surface area (Å²) < 4.78 is 0. The van der Waals surface area contributed by atoms with Gasteiger partial charge in [0.05, 0.1) is 18.9 Å². The first-order chi connectivity index (χ1) is 8.70. The third-order valence-corrected chi connectivity index (χ3v) is 3.49. The monoisotopic (exact) mass is 281 g/mol. The van der Waals surface area contributed by atoms with Crippen molar-refractivity contribution in [2.75, 3.05) is 6.54 Å². The second-order valence-electron chi connectivity index (χ2n) is 3.62. The number of hydrogen-bond acceptors (Lipinski definition) is 4. The van der Waals surface area contributed by atoms with Gasteiger partial charge in [-0.05, 0) is 18.4 Å². The standard InChI is InChI=1S/C12H12ClN3OS/c1-2-16(8-9-4-3-5-18-9)12(17)10-6-15-11(13)7-14-10/h3-7H,2,8H2,1H3. The molecular formula is C12H12ClN3OS. The number of thiophene rings is 1. The fourth-order valence-corrected chi connectivity index (χ4v) is 2.32. The third kappa shape index (κ3) is 3.05. The van der Waals surface area contributed by atoms with Crippen molar-refractivity contribution < 1.29 is 4.79 Å². The molecular weight excluding hydrogens is 270 g/mol. The van der Waals surface area contributed by atoms with Crippen molar-refractivity contribution in [3.05, 3.63) is 45.6 Å². The van der Waals surface area contributed by atoms with Crippen LogP contribution in [0.25, 0.3) is 0 Å². The average Bonchev–Trinajstić information content (AvgIpc) is 2.89. The summed E-state index contributed by atoms with van der Waals surface area (Å²) in [6.07, 6.45) is 2.79. The van der Waals surface area contributed by atoms with E-state index in [1.807, 2.05) is 24.4 Å². The summed E-state index contributed by atoms with van der Waals surface area (Å²) in [5.41, 5.74) is 0.317. The largest absolute Gasteiger partial charge is 0.332 e. The van der Waals surface area contributed by atoms with Crippen molar-refractivity contribution in [2.45, 2.75) is 13.5 Å². The van der Waals surface area contributed by atoms with Gasteiger partial charge in [-0.2, -0.15) is 0 Å². The van der Waals surface area contributed by atoms with E-state index in [-0.39, 0.29) is 11.1 Å². The average molecular weight is 282 g/mol. The third-order valence-electron chi connectivity index (χ3n) is 2.44. The van der Waals surface area contributed by atoms with Crippen LogP contribution < -0.4 is 0 Å². The smallest absolute Gasteiger partial charge is 0.274 e. The summed E-state index contributed by atoms with van der Waals surface area (Å²) in [6, 6.07) is 3.98. The second-order valence-corrected chi connectivity index (χ2v) is 5.04. The quantitative estimate of drug-likeness (QED) is 0.866. The van der Waals surface area contributed by atoms with Crippen LogP contribution in [0.4, 0.5) is 0 Å². The van der Waals surface area contributed by atoms with Crippen molar-refractivity contribution >= 4 is 28.8 Å². The van der Waals surface area contributed by atoms with E-state index in [0.717, 1.165) is 4.88 Å². The van der Waals surface area contributed by atoms with Crippen molar-refractivity contribution in [1.82, 2.24) is 14.9 Å². The Kier molecular flexibility index (Phi) is 4.28. The molecule has 0 bridgehead atoms. The van der Waals surface area contributed by atoms with Crippen LogP contribution in [0.3, 0.4) is 0 Å². The lowest BCUT2D eigenvalue weighted by molar-refractivity contribution is 0.0748. The van der Waals surface area contributed by atoms with Gasteiger partial charge in [0.25, 0.3) is 5.91 Å². The highest BCUT2D eigenvalue weighted by Gasteiger charge is 2.16. The minimum Gasteiger partial charge on any atom is -0.332 e. The van der Waals surface area contributed by atoms with Crippen LogP contribution >= 0.6 is 22.9 Å². The Bertz CT molecular complexity index is 513. The first-order valence-electron chi connectivity index (χ1n) is 5.50. The number of amides is 1. The van der Waals surface area contributed by atoms with Gasteiger partial charge < -0.3 is 4.90 Å². The highest BCUT2D eigenvalue weighted by Crippen LogP contribution is 2.13. The predicted octanol–water partition coefficient (Wildman–Crippen LogP) is 2.85.